The van der Waals surface area contributed by atoms with Crippen LogP contribution in [0.3, 0.4) is 0 Å². The molecule has 0 bridgehead atoms. The van der Waals surface area contributed by atoms with E-state index in [1.54, 1.807) is 0 Å². The summed E-state index contributed by atoms with van der Waals surface area (Å²) in [5.74, 6) is -0.931. The Kier molecular flexibility index (Phi) is 4.34. The molecule has 2 nitrogen and oxygen atoms in total. The molecule has 0 atom stereocenters. The number of aliphatic carboxylic acids is 1. The van der Waals surface area contributed by atoms with Crippen molar-refractivity contribution in [1.82, 2.24) is 0 Å². The monoisotopic (exact) mass is 140 g/mol. The van der Waals surface area contributed by atoms with Crippen LogP contribution in [0.5, 0.6) is 0 Å². The maximum Gasteiger partial charge on any atom is 0.336 e. The van der Waals surface area contributed by atoms with E-state index in [2.05, 4.69) is 5.73 Å². The van der Waals surface area contributed by atoms with Crippen molar-refractivity contribution in [2.24, 2.45) is 0 Å². The summed E-state index contributed by atoms with van der Waals surface area (Å²) < 4.78 is 0. The Bertz CT molecular complexity index is 168. The van der Waals surface area contributed by atoms with E-state index in [0.717, 1.165) is 24.5 Å². The van der Waals surface area contributed by atoms with Crippen molar-refractivity contribution in [3.63, 3.8) is 0 Å². The highest BCUT2D eigenvalue weighted by Gasteiger charge is 1.87. The number of hydrogen-bond acceptors (Lipinski definition) is 1. The predicted octanol–water partition coefficient (Wildman–Crippen LogP) is 1.97. The average Bonchev–Trinajstić information content (AvgIpc) is 1.90. The van der Waals surface area contributed by atoms with Crippen molar-refractivity contribution in [3.05, 3.63) is 17.4 Å². The average molecular weight is 140 g/mol. The third-order valence-electron chi connectivity index (χ3n) is 1.25. The van der Waals surface area contributed by atoms with E-state index in [0.29, 0.717) is 0 Å². The highest BCUT2D eigenvalue weighted by atomic mass is 16.4. The second-order valence-electron chi connectivity index (χ2n) is 1.94. The summed E-state index contributed by atoms with van der Waals surface area (Å²) in [5, 5.41) is 8.22. The second kappa shape index (κ2) is 4.83. The van der Waals surface area contributed by atoms with E-state index >= 15 is 0 Å². The topological polar surface area (TPSA) is 37.3 Å². The third kappa shape index (κ3) is 3.93. The highest BCUT2D eigenvalue weighted by molar-refractivity contribution is 5.79. The largest absolute Gasteiger partial charge is 0.478 e. The highest BCUT2D eigenvalue weighted by Crippen LogP contribution is 2.01. The van der Waals surface area contributed by atoms with Crippen molar-refractivity contribution in [3.8, 4) is 0 Å². The van der Waals surface area contributed by atoms with E-state index in [9.17, 15) is 4.79 Å². The molecule has 0 aromatic rings. The van der Waals surface area contributed by atoms with Gasteiger partial charge in [-0.2, -0.15) is 0 Å². The van der Waals surface area contributed by atoms with Crippen LogP contribution in [-0.4, -0.2) is 11.1 Å². The van der Waals surface area contributed by atoms with Crippen molar-refractivity contribution in [2.45, 2.75) is 26.7 Å². The fourth-order valence-electron chi connectivity index (χ4n) is 0.618. The van der Waals surface area contributed by atoms with Gasteiger partial charge in [-0.15, -0.1) is 5.73 Å². The molecular formula is C8H12O2. The minimum atomic E-state index is -0.931. The first-order chi connectivity index (χ1) is 4.70. The summed E-state index contributed by atoms with van der Waals surface area (Å²) in [6.45, 7) is 3.98. The molecule has 2 heteroatoms. The first-order valence-electron chi connectivity index (χ1n) is 3.38. The summed E-state index contributed by atoms with van der Waals surface area (Å²) in [5.41, 5.74) is 3.75. The van der Waals surface area contributed by atoms with Gasteiger partial charge in [-0.1, -0.05) is 13.8 Å². The zero-order valence-corrected chi connectivity index (χ0v) is 6.35. The minimum Gasteiger partial charge on any atom is -0.478 e. The van der Waals surface area contributed by atoms with E-state index in [4.69, 9.17) is 5.11 Å². The lowest BCUT2D eigenvalue weighted by molar-refractivity contribution is -0.131. The Morgan fingerprint density at radius 2 is 2.00 bits per heavy atom. The van der Waals surface area contributed by atoms with E-state index in [1.165, 1.54) is 0 Å². The number of carboxylic acids is 1. The van der Waals surface area contributed by atoms with Gasteiger partial charge >= 0.3 is 5.97 Å². The first kappa shape index (κ1) is 8.99. The van der Waals surface area contributed by atoms with Gasteiger partial charge in [0.1, 0.15) is 0 Å². The van der Waals surface area contributed by atoms with Crippen LogP contribution in [0.2, 0.25) is 0 Å². The zero-order chi connectivity index (χ0) is 7.98. The van der Waals surface area contributed by atoms with Gasteiger partial charge in [0.2, 0.25) is 0 Å². The molecule has 0 aromatic carbocycles. The smallest absolute Gasteiger partial charge is 0.336 e. The molecule has 10 heavy (non-hydrogen) atoms. The number of hydrogen-bond donors (Lipinski definition) is 1. The summed E-state index contributed by atoms with van der Waals surface area (Å²) in [7, 11) is 0. The van der Waals surface area contributed by atoms with E-state index in [-0.39, 0.29) is 0 Å². The molecule has 0 saturated heterocycles. The molecule has 0 heterocycles. The van der Waals surface area contributed by atoms with Crippen LogP contribution in [0.25, 0.3) is 0 Å². The summed E-state index contributed by atoms with van der Waals surface area (Å²) in [4.78, 5) is 10.0. The van der Waals surface area contributed by atoms with Gasteiger partial charge in [0.15, 0.2) is 0 Å². The van der Waals surface area contributed by atoms with Crippen molar-refractivity contribution in [2.75, 3.05) is 0 Å². The molecule has 56 valence electrons. The van der Waals surface area contributed by atoms with Crippen LogP contribution in [0.4, 0.5) is 0 Å². The fourth-order valence-corrected chi connectivity index (χ4v) is 0.618. The van der Waals surface area contributed by atoms with Gasteiger partial charge in [0.25, 0.3) is 0 Å². The number of carbonyl (C=O) groups is 1. The molecule has 1 N–H and O–H groups in total. The fraction of sp³-hybridized carbons (Fsp3) is 0.500. The Labute approximate surface area is 60.9 Å². The molecule has 0 aliphatic rings. The molecule has 0 unspecified atom stereocenters. The molecule has 0 fully saturated rings. The van der Waals surface area contributed by atoms with Crippen LogP contribution in [0.1, 0.15) is 26.7 Å². The van der Waals surface area contributed by atoms with Crippen LogP contribution in [0.15, 0.2) is 17.4 Å². The predicted molar refractivity (Wildman–Crippen MR) is 39.8 cm³/mol. The van der Waals surface area contributed by atoms with Gasteiger partial charge in [-0.05, 0) is 18.4 Å². The second-order valence-corrected chi connectivity index (χ2v) is 1.94. The van der Waals surface area contributed by atoms with E-state index in [1.807, 2.05) is 13.8 Å². The quantitative estimate of drug-likeness (QED) is 0.480. The minimum absolute atomic E-state index is 0.875. The van der Waals surface area contributed by atoms with Crippen molar-refractivity contribution < 1.29 is 9.90 Å². The van der Waals surface area contributed by atoms with Crippen LogP contribution >= 0.6 is 0 Å². The van der Waals surface area contributed by atoms with Crippen molar-refractivity contribution in [1.29, 1.82) is 0 Å². The summed E-state index contributed by atoms with van der Waals surface area (Å²) >= 11 is 0. The lowest BCUT2D eigenvalue weighted by Crippen LogP contribution is -1.84. The Morgan fingerprint density at radius 3 is 2.30 bits per heavy atom. The number of carboxylic acid groups (broad SMARTS) is 1. The SMILES string of the molecule is CCC(=C=CC(=O)O)CC. The van der Waals surface area contributed by atoms with Crippen LogP contribution < -0.4 is 0 Å². The molecule has 0 aliphatic carbocycles. The molecule has 0 aliphatic heterocycles. The summed E-state index contributed by atoms with van der Waals surface area (Å²) in [6.07, 6.45) is 2.81. The Hall–Kier alpha value is -1.01. The summed E-state index contributed by atoms with van der Waals surface area (Å²) in [6, 6.07) is 0. The van der Waals surface area contributed by atoms with E-state index < -0.39 is 5.97 Å². The molecule has 0 radical (unpaired) electrons. The lowest BCUT2D eigenvalue weighted by atomic mass is 10.2. The van der Waals surface area contributed by atoms with Gasteiger partial charge in [0, 0.05) is 0 Å². The molecular weight excluding hydrogens is 128 g/mol. The standard InChI is InChI=1S/C8H12O2/c1-3-7(4-2)5-6-8(9)10/h6H,3-4H2,1-2H3,(H,9,10). The lowest BCUT2D eigenvalue weighted by Gasteiger charge is -1.90. The number of rotatable bonds is 3. The molecule has 0 spiro atoms. The maximum absolute atomic E-state index is 10.0. The zero-order valence-electron chi connectivity index (χ0n) is 6.35. The maximum atomic E-state index is 10.0. The molecule has 0 rings (SSSR count). The first-order valence-corrected chi connectivity index (χ1v) is 3.38. The molecule has 0 amide bonds. The van der Waals surface area contributed by atoms with Gasteiger partial charge < -0.3 is 5.11 Å². The van der Waals surface area contributed by atoms with Gasteiger partial charge in [0.05, 0.1) is 6.08 Å². The van der Waals surface area contributed by atoms with Crippen LogP contribution in [0, 0.1) is 0 Å². The normalized spacial score (nSPS) is 8.20. The Morgan fingerprint density at radius 1 is 1.50 bits per heavy atom. The Balaban J connectivity index is 4.22. The van der Waals surface area contributed by atoms with Gasteiger partial charge in [-0.25, -0.2) is 4.79 Å². The van der Waals surface area contributed by atoms with Gasteiger partial charge in [-0.3, -0.25) is 0 Å². The third-order valence-corrected chi connectivity index (χ3v) is 1.25. The van der Waals surface area contributed by atoms with Crippen LogP contribution in [-0.2, 0) is 4.79 Å². The molecule has 0 saturated carbocycles. The molecule has 0 aromatic heterocycles. The van der Waals surface area contributed by atoms with Crippen molar-refractivity contribution >= 4 is 5.97 Å².